The molecule has 1 atom stereocenters. The maximum atomic E-state index is 13.4. The number of fused-ring (bicyclic) bond motifs is 1. The number of carbonyl (C=O) groups excluding carboxylic acids is 2. The van der Waals surface area contributed by atoms with Crippen molar-refractivity contribution >= 4 is 11.9 Å². The van der Waals surface area contributed by atoms with Crippen molar-refractivity contribution in [3.05, 3.63) is 35.1 Å². The van der Waals surface area contributed by atoms with E-state index in [-0.39, 0.29) is 36.6 Å². The molecule has 4 nitrogen and oxygen atoms in total. The Labute approximate surface area is 123 Å². The standard InChI is InChI=1S/C16H20FNO3/c1-21-16(20)7-3-6-15(19)18-14-5-2-4-11-8-9-12(17)10-13(11)14/h8-10,14H,2-7H2,1H3,(H,18,19)/t14-/m0/s1. The summed E-state index contributed by atoms with van der Waals surface area (Å²) in [4.78, 5) is 22.9. The molecule has 1 aromatic carbocycles. The van der Waals surface area contributed by atoms with Crippen LogP contribution in [0.1, 0.15) is 49.3 Å². The number of ether oxygens (including phenoxy) is 1. The van der Waals surface area contributed by atoms with Crippen LogP contribution in [-0.4, -0.2) is 19.0 Å². The molecule has 0 heterocycles. The molecule has 1 amide bonds. The summed E-state index contributed by atoms with van der Waals surface area (Å²) < 4.78 is 17.9. The smallest absolute Gasteiger partial charge is 0.305 e. The Morgan fingerprint density at radius 2 is 2.19 bits per heavy atom. The highest BCUT2D eigenvalue weighted by Gasteiger charge is 2.22. The molecule has 1 aliphatic rings. The van der Waals surface area contributed by atoms with E-state index in [9.17, 15) is 14.0 Å². The van der Waals surface area contributed by atoms with Crippen LogP contribution in [0.5, 0.6) is 0 Å². The number of hydrogen-bond donors (Lipinski definition) is 1. The van der Waals surface area contributed by atoms with Crippen LogP contribution in [0.2, 0.25) is 0 Å². The molecule has 0 saturated carbocycles. The van der Waals surface area contributed by atoms with Gasteiger partial charge in [-0.05, 0) is 48.9 Å². The Morgan fingerprint density at radius 3 is 2.95 bits per heavy atom. The van der Waals surface area contributed by atoms with E-state index in [1.165, 1.54) is 19.2 Å². The van der Waals surface area contributed by atoms with Crippen LogP contribution in [-0.2, 0) is 20.7 Å². The number of halogens is 1. The molecule has 2 rings (SSSR count). The van der Waals surface area contributed by atoms with Crippen LogP contribution in [0.25, 0.3) is 0 Å². The van der Waals surface area contributed by atoms with Crippen LogP contribution >= 0.6 is 0 Å². The average molecular weight is 293 g/mol. The number of carbonyl (C=O) groups is 2. The van der Waals surface area contributed by atoms with Gasteiger partial charge in [-0.3, -0.25) is 9.59 Å². The van der Waals surface area contributed by atoms with E-state index in [0.717, 1.165) is 30.4 Å². The lowest BCUT2D eigenvalue weighted by atomic mass is 9.87. The molecule has 0 aliphatic heterocycles. The molecule has 1 aromatic rings. The summed E-state index contributed by atoms with van der Waals surface area (Å²) >= 11 is 0. The topological polar surface area (TPSA) is 55.4 Å². The molecular formula is C16H20FNO3. The number of methoxy groups -OCH3 is 1. The first kappa shape index (κ1) is 15.5. The van der Waals surface area contributed by atoms with Gasteiger partial charge in [-0.1, -0.05) is 6.07 Å². The number of benzene rings is 1. The fourth-order valence-electron chi connectivity index (χ4n) is 2.68. The lowest BCUT2D eigenvalue weighted by molar-refractivity contribution is -0.140. The van der Waals surface area contributed by atoms with Gasteiger partial charge in [0.15, 0.2) is 0 Å². The molecule has 0 unspecified atom stereocenters. The maximum Gasteiger partial charge on any atom is 0.305 e. The van der Waals surface area contributed by atoms with Gasteiger partial charge in [-0.2, -0.15) is 0 Å². The van der Waals surface area contributed by atoms with Crippen molar-refractivity contribution in [2.24, 2.45) is 0 Å². The molecule has 1 aliphatic carbocycles. The SMILES string of the molecule is COC(=O)CCCC(=O)N[C@H]1CCCc2ccc(F)cc21. The Hall–Kier alpha value is -1.91. The summed E-state index contributed by atoms with van der Waals surface area (Å²) in [5.74, 6) is -0.700. The Bertz CT molecular complexity index is 530. The Balaban J connectivity index is 1.90. The maximum absolute atomic E-state index is 13.4. The lowest BCUT2D eigenvalue weighted by Gasteiger charge is -2.26. The third-order valence-electron chi connectivity index (χ3n) is 3.77. The van der Waals surface area contributed by atoms with E-state index in [1.54, 1.807) is 6.07 Å². The first-order valence-corrected chi connectivity index (χ1v) is 7.24. The molecular weight excluding hydrogens is 273 g/mol. The second kappa shape index (κ2) is 7.20. The third kappa shape index (κ3) is 4.28. The van der Waals surface area contributed by atoms with E-state index in [0.29, 0.717) is 6.42 Å². The van der Waals surface area contributed by atoms with Crippen molar-refractivity contribution in [3.63, 3.8) is 0 Å². The van der Waals surface area contributed by atoms with Gasteiger partial charge in [-0.15, -0.1) is 0 Å². The highest BCUT2D eigenvalue weighted by Crippen LogP contribution is 2.30. The number of rotatable bonds is 5. The van der Waals surface area contributed by atoms with Gasteiger partial charge in [0.2, 0.25) is 5.91 Å². The second-order valence-corrected chi connectivity index (χ2v) is 5.29. The summed E-state index contributed by atoms with van der Waals surface area (Å²) in [6.07, 6.45) is 3.69. The van der Waals surface area contributed by atoms with E-state index in [4.69, 9.17) is 0 Å². The normalized spacial score (nSPS) is 17.0. The van der Waals surface area contributed by atoms with E-state index >= 15 is 0 Å². The average Bonchev–Trinajstić information content (AvgIpc) is 2.47. The number of nitrogens with one attached hydrogen (secondary N) is 1. The van der Waals surface area contributed by atoms with Gasteiger partial charge >= 0.3 is 5.97 Å². The van der Waals surface area contributed by atoms with Gasteiger partial charge < -0.3 is 10.1 Å². The van der Waals surface area contributed by atoms with Crippen molar-refractivity contribution < 1.29 is 18.7 Å². The number of hydrogen-bond acceptors (Lipinski definition) is 3. The first-order chi connectivity index (χ1) is 10.1. The number of amides is 1. The second-order valence-electron chi connectivity index (χ2n) is 5.29. The van der Waals surface area contributed by atoms with Crippen molar-refractivity contribution in [2.75, 3.05) is 7.11 Å². The molecule has 5 heteroatoms. The van der Waals surface area contributed by atoms with Gasteiger partial charge in [0.1, 0.15) is 5.82 Å². The summed E-state index contributed by atoms with van der Waals surface area (Å²) in [7, 11) is 1.33. The molecule has 0 fully saturated rings. The fourth-order valence-corrected chi connectivity index (χ4v) is 2.68. The van der Waals surface area contributed by atoms with Crippen LogP contribution in [0.15, 0.2) is 18.2 Å². The van der Waals surface area contributed by atoms with Crippen molar-refractivity contribution in [2.45, 2.75) is 44.6 Å². The van der Waals surface area contributed by atoms with E-state index < -0.39 is 0 Å². The quantitative estimate of drug-likeness (QED) is 0.849. The zero-order valence-electron chi connectivity index (χ0n) is 12.2. The molecule has 0 aromatic heterocycles. The van der Waals surface area contributed by atoms with Crippen LogP contribution in [0, 0.1) is 5.82 Å². The monoisotopic (exact) mass is 293 g/mol. The molecule has 1 N–H and O–H groups in total. The summed E-state index contributed by atoms with van der Waals surface area (Å²) in [5.41, 5.74) is 1.98. The summed E-state index contributed by atoms with van der Waals surface area (Å²) in [6, 6.07) is 4.63. The molecule has 0 radical (unpaired) electrons. The molecule has 0 spiro atoms. The van der Waals surface area contributed by atoms with Crippen LogP contribution in [0.4, 0.5) is 4.39 Å². The van der Waals surface area contributed by atoms with Crippen LogP contribution < -0.4 is 5.32 Å². The van der Waals surface area contributed by atoms with Gasteiger partial charge in [-0.25, -0.2) is 4.39 Å². The fraction of sp³-hybridized carbons (Fsp3) is 0.500. The molecule has 21 heavy (non-hydrogen) atoms. The minimum absolute atomic E-state index is 0.110. The van der Waals surface area contributed by atoms with E-state index in [1.807, 2.05) is 0 Å². The minimum Gasteiger partial charge on any atom is -0.469 e. The third-order valence-corrected chi connectivity index (χ3v) is 3.77. The molecule has 0 bridgehead atoms. The predicted octanol–water partition coefficient (Wildman–Crippen LogP) is 2.66. The highest BCUT2D eigenvalue weighted by molar-refractivity contribution is 5.77. The summed E-state index contributed by atoms with van der Waals surface area (Å²) in [6.45, 7) is 0. The minimum atomic E-state index is -0.312. The molecule has 114 valence electrons. The van der Waals surface area contributed by atoms with Crippen molar-refractivity contribution in [1.29, 1.82) is 0 Å². The largest absolute Gasteiger partial charge is 0.469 e. The van der Waals surface area contributed by atoms with Gasteiger partial charge in [0.25, 0.3) is 0 Å². The highest BCUT2D eigenvalue weighted by atomic mass is 19.1. The van der Waals surface area contributed by atoms with Gasteiger partial charge in [0, 0.05) is 12.8 Å². The van der Waals surface area contributed by atoms with Crippen molar-refractivity contribution in [1.82, 2.24) is 5.32 Å². The van der Waals surface area contributed by atoms with Crippen molar-refractivity contribution in [3.8, 4) is 0 Å². The zero-order valence-corrected chi connectivity index (χ0v) is 12.2. The Morgan fingerprint density at radius 1 is 1.38 bits per heavy atom. The number of aryl methyl sites for hydroxylation is 1. The number of esters is 1. The molecule has 0 saturated heterocycles. The predicted molar refractivity (Wildman–Crippen MR) is 76.1 cm³/mol. The van der Waals surface area contributed by atoms with Crippen LogP contribution in [0.3, 0.4) is 0 Å². The first-order valence-electron chi connectivity index (χ1n) is 7.24. The Kier molecular flexibility index (Phi) is 5.31. The zero-order chi connectivity index (χ0) is 15.2. The summed E-state index contributed by atoms with van der Waals surface area (Å²) in [5, 5.41) is 2.94. The lowest BCUT2D eigenvalue weighted by Crippen LogP contribution is -2.31. The van der Waals surface area contributed by atoms with E-state index in [2.05, 4.69) is 10.1 Å². The van der Waals surface area contributed by atoms with Gasteiger partial charge in [0.05, 0.1) is 13.2 Å².